The van der Waals surface area contributed by atoms with E-state index >= 15 is 0 Å². The Labute approximate surface area is 83.7 Å². The van der Waals surface area contributed by atoms with Gasteiger partial charge in [0, 0.05) is 12.1 Å². The van der Waals surface area contributed by atoms with E-state index < -0.39 is 0 Å². The van der Waals surface area contributed by atoms with Gasteiger partial charge in [-0.2, -0.15) is 0 Å². The van der Waals surface area contributed by atoms with Crippen molar-refractivity contribution >= 4 is 5.82 Å². The first kappa shape index (κ1) is 9.40. The summed E-state index contributed by atoms with van der Waals surface area (Å²) in [5.41, 5.74) is 0. The van der Waals surface area contributed by atoms with Crippen LogP contribution in [-0.4, -0.2) is 29.2 Å². The largest absolute Gasteiger partial charge is 0.379 e. The fraction of sp³-hybridized carbons (Fsp3) is 0.600. The third kappa shape index (κ3) is 2.01. The molecule has 14 heavy (non-hydrogen) atoms. The number of aromatic nitrogens is 2. The van der Waals surface area contributed by atoms with Crippen molar-refractivity contribution in [1.29, 1.82) is 0 Å². The van der Waals surface area contributed by atoms with Crippen LogP contribution in [0.4, 0.5) is 5.82 Å². The lowest BCUT2D eigenvalue weighted by Crippen LogP contribution is -2.27. The van der Waals surface area contributed by atoms with Gasteiger partial charge in [0.05, 0.1) is 19.3 Å². The van der Waals surface area contributed by atoms with Gasteiger partial charge in [0.1, 0.15) is 12.1 Å². The summed E-state index contributed by atoms with van der Waals surface area (Å²) in [6, 6.07) is 2.28. The van der Waals surface area contributed by atoms with Gasteiger partial charge in [-0.25, -0.2) is 9.97 Å². The Hall–Kier alpha value is -1.16. The zero-order valence-corrected chi connectivity index (χ0v) is 8.31. The third-order valence-corrected chi connectivity index (χ3v) is 2.64. The number of nitrogens with zero attached hydrogens (tertiary/aromatic N) is 2. The Balaban J connectivity index is 1.97. The van der Waals surface area contributed by atoms with E-state index in [1.165, 1.54) is 0 Å². The summed E-state index contributed by atoms with van der Waals surface area (Å²) in [6.45, 7) is 3.83. The van der Waals surface area contributed by atoms with Crippen molar-refractivity contribution in [2.75, 3.05) is 18.5 Å². The molecule has 2 atom stereocenters. The smallest absolute Gasteiger partial charge is 0.129 e. The number of rotatable bonds is 3. The molecule has 1 aromatic rings. The molecule has 1 fully saturated rings. The lowest BCUT2D eigenvalue weighted by Gasteiger charge is -2.17. The van der Waals surface area contributed by atoms with E-state index in [9.17, 15) is 0 Å². The summed E-state index contributed by atoms with van der Waals surface area (Å²) >= 11 is 0. The summed E-state index contributed by atoms with van der Waals surface area (Å²) in [6.07, 6.45) is 4.44. The fourth-order valence-corrected chi connectivity index (χ4v) is 1.73. The highest BCUT2D eigenvalue weighted by atomic mass is 16.5. The maximum absolute atomic E-state index is 5.43. The summed E-state index contributed by atoms with van der Waals surface area (Å²) in [4.78, 5) is 8.01. The first-order valence-electron chi connectivity index (χ1n) is 5.00. The summed E-state index contributed by atoms with van der Waals surface area (Å²) < 4.78 is 5.43. The Morgan fingerprint density at radius 1 is 1.57 bits per heavy atom. The van der Waals surface area contributed by atoms with Crippen molar-refractivity contribution in [2.45, 2.75) is 19.4 Å². The second-order valence-electron chi connectivity index (χ2n) is 3.55. The van der Waals surface area contributed by atoms with E-state index in [0.29, 0.717) is 12.0 Å². The predicted octanol–water partition coefficient (Wildman–Crippen LogP) is 1.31. The first-order valence-corrected chi connectivity index (χ1v) is 5.00. The molecule has 0 radical (unpaired) electrons. The Bertz CT molecular complexity index is 278. The molecule has 2 unspecified atom stereocenters. The Morgan fingerprint density at radius 3 is 3.21 bits per heavy atom. The van der Waals surface area contributed by atoms with Crippen LogP contribution in [0.1, 0.15) is 13.3 Å². The first-order chi connectivity index (χ1) is 6.90. The molecule has 76 valence electrons. The van der Waals surface area contributed by atoms with Crippen LogP contribution >= 0.6 is 0 Å². The van der Waals surface area contributed by atoms with Gasteiger partial charge in [0.25, 0.3) is 0 Å². The number of anilines is 1. The lowest BCUT2D eigenvalue weighted by atomic mass is 10.0. The van der Waals surface area contributed by atoms with Gasteiger partial charge < -0.3 is 10.1 Å². The van der Waals surface area contributed by atoms with E-state index in [4.69, 9.17) is 4.74 Å². The molecule has 0 amide bonds. The van der Waals surface area contributed by atoms with Crippen LogP contribution in [0.25, 0.3) is 0 Å². The average Bonchev–Trinajstić information content (AvgIpc) is 2.67. The molecule has 0 aromatic carbocycles. The second-order valence-corrected chi connectivity index (χ2v) is 3.55. The quantitative estimate of drug-likeness (QED) is 0.786. The molecule has 4 heteroatoms. The standard InChI is InChI=1S/C10H15N3O/c1-2-8-5-14-6-9(8)13-10-3-4-11-7-12-10/h3-4,7-9H,2,5-6H2,1H3,(H,11,12,13). The number of hydrogen-bond acceptors (Lipinski definition) is 4. The van der Waals surface area contributed by atoms with E-state index in [-0.39, 0.29) is 0 Å². The zero-order valence-electron chi connectivity index (χ0n) is 8.31. The molecule has 2 heterocycles. The van der Waals surface area contributed by atoms with Crippen LogP contribution in [0.3, 0.4) is 0 Å². The molecular formula is C10H15N3O. The van der Waals surface area contributed by atoms with Crippen LogP contribution in [0.5, 0.6) is 0 Å². The van der Waals surface area contributed by atoms with Crippen LogP contribution < -0.4 is 5.32 Å². The fourth-order valence-electron chi connectivity index (χ4n) is 1.73. The van der Waals surface area contributed by atoms with Crippen molar-refractivity contribution in [3.63, 3.8) is 0 Å². The third-order valence-electron chi connectivity index (χ3n) is 2.64. The molecule has 2 rings (SSSR count). The van der Waals surface area contributed by atoms with Crippen LogP contribution in [0, 0.1) is 5.92 Å². The van der Waals surface area contributed by atoms with Crippen LogP contribution in [0.15, 0.2) is 18.6 Å². The van der Waals surface area contributed by atoms with Gasteiger partial charge in [0.2, 0.25) is 0 Å². The van der Waals surface area contributed by atoms with Gasteiger partial charge in [-0.15, -0.1) is 0 Å². The molecule has 1 aromatic heterocycles. The summed E-state index contributed by atoms with van der Waals surface area (Å²) in [5.74, 6) is 1.49. The molecule has 1 saturated heterocycles. The normalized spacial score (nSPS) is 26.4. The van der Waals surface area contributed by atoms with E-state index in [1.807, 2.05) is 6.07 Å². The van der Waals surface area contributed by atoms with E-state index in [0.717, 1.165) is 25.5 Å². The molecule has 0 aliphatic carbocycles. The highest BCUT2D eigenvalue weighted by Gasteiger charge is 2.26. The van der Waals surface area contributed by atoms with Crippen molar-refractivity contribution in [3.05, 3.63) is 18.6 Å². The zero-order chi connectivity index (χ0) is 9.80. The maximum Gasteiger partial charge on any atom is 0.129 e. The monoisotopic (exact) mass is 193 g/mol. The highest BCUT2D eigenvalue weighted by Crippen LogP contribution is 2.19. The van der Waals surface area contributed by atoms with Crippen molar-refractivity contribution in [1.82, 2.24) is 9.97 Å². The summed E-state index contributed by atoms with van der Waals surface area (Å²) in [7, 11) is 0. The molecule has 4 nitrogen and oxygen atoms in total. The molecule has 1 N–H and O–H groups in total. The lowest BCUT2D eigenvalue weighted by molar-refractivity contribution is 0.184. The summed E-state index contributed by atoms with van der Waals surface area (Å²) in [5, 5.41) is 3.37. The highest BCUT2D eigenvalue weighted by molar-refractivity contribution is 5.33. The minimum atomic E-state index is 0.398. The minimum Gasteiger partial charge on any atom is -0.379 e. The maximum atomic E-state index is 5.43. The molecule has 0 bridgehead atoms. The number of ether oxygens (including phenoxy) is 1. The average molecular weight is 193 g/mol. The van der Waals surface area contributed by atoms with Crippen molar-refractivity contribution in [3.8, 4) is 0 Å². The Kier molecular flexibility index (Phi) is 2.93. The Morgan fingerprint density at radius 2 is 2.50 bits per heavy atom. The topological polar surface area (TPSA) is 47.0 Å². The van der Waals surface area contributed by atoms with Gasteiger partial charge in [-0.3, -0.25) is 0 Å². The molecular weight excluding hydrogens is 178 g/mol. The molecule has 0 spiro atoms. The van der Waals surface area contributed by atoms with Crippen LogP contribution in [-0.2, 0) is 4.74 Å². The van der Waals surface area contributed by atoms with Gasteiger partial charge in [-0.1, -0.05) is 6.92 Å². The number of nitrogens with one attached hydrogen (secondary N) is 1. The van der Waals surface area contributed by atoms with Gasteiger partial charge >= 0.3 is 0 Å². The molecule has 1 aliphatic heterocycles. The molecule has 0 saturated carbocycles. The SMILES string of the molecule is CCC1COCC1Nc1ccncn1. The van der Waals surface area contributed by atoms with Gasteiger partial charge in [-0.05, 0) is 12.5 Å². The van der Waals surface area contributed by atoms with Crippen LogP contribution in [0.2, 0.25) is 0 Å². The number of hydrogen-bond donors (Lipinski definition) is 1. The van der Waals surface area contributed by atoms with E-state index in [2.05, 4.69) is 22.2 Å². The predicted molar refractivity (Wildman–Crippen MR) is 54.0 cm³/mol. The van der Waals surface area contributed by atoms with E-state index in [1.54, 1.807) is 12.5 Å². The van der Waals surface area contributed by atoms with Crippen molar-refractivity contribution in [2.24, 2.45) is 5.92 Å². The molecule has 1 aliphatic rings. The van der Waals surface area contributed by atoms with Gasteiger partial charge in [0.15, 0.2) is 0 Å². The second kappa shape index (κ2) is 4.37. The minimum absolute atomic E-state index is 0.398. The van der Waals surface area contributed by atoms with Crippen molar-refractivity contribution < 1.29 is 4.74 Å².